The lowest BCUT2D eigenvalue weighted by molar-refractivity contribution is 0.168. The normalized spacial score (nSPS) is 38.5. The highest BCUT2D eigenvalue weighted by atomic mass is 16.3. The van der Waals surface area contributed by atoms with Crippen LogP contribution in [0.1, 0.15) is 6.42 Å². The third kappa shape index (κ3) is 1.92. The molecule has 0 aromatic heterocycles. The van der Waals surface area contributed by atoms with Crippen molar-refractivity contribution in [2.45, 2.75) is 24.6 Å². The summed E-state index contributed by atoms with van der Waals surface area (Å²) >= 11 is 0. The average Bonchev–Trinajstić information content (AvgIpc) is 2.33. The largest absolute Gasteiger partial charge is 0.516 e. The number of aliphatic hydroxyl groups is 3. The van der Waals surface area contributed by atoms with Crippen LogP contribution < -0.4 is 5.32 Å². The summed E-state index contributed by atoms with van der Waals surface area (Å²) in [7, 11) is 0. The van der Waals surface area contributed by atoms with Crippen LogP contribution in [0.4, 0.5) is 0 Å². The number of aliphatic hydroxyl groups excluding tert-OH is 3. The van der Waals surface area contributed by atoms with E-state index in [1.165, 1.54) is 6.08 Å². The van der Waals surface area contributed by atoms with Crippen molar-refractivity contribution >= 4 is 0 Å². The molecule has 0 saturated carbocycles. The van der Waals surface area contributed by atoms with Crippen molar-refractivity contribution in [1.82, 2.24) is 5.32 Å². The van der Waals surface area contributed by atoms with E-state index in [0.29, 0.717) is 6.42 Å². The summed E-state index contributed by atoms with van der Waals surface area (Å²) in [5, 5.41) is 29.3. The summed E-state index contributed by atoms with van der Waals surface area (Å²) in [5.74, 6) is 0. The number of hydrogen-bond acceptors (Lipinski definition) is 4. The van der Waals surface area contributed by atoms with Gasteiger partial charge in [0.1, 0.15) is 0 Å². The van der Waals surface area contributed by atoms with Crippen molar-refractivity contribution < 1.29 is 15.3 Å². The summed E-state index contributed by atoms with van der Waals surface area (Å²) in [6.45, 7) is 0.0207. The lowest BCUT2D eigenvalue weighted by atomic mass is 10.1. The lowest BCUT2D eigenvalue weighted by Gasteiger charge is -2.08. The monoisotopic (exact) mass is 159 g/mol. The Labute approximate surface area is 65.2 Å². The molecule has 0 amide bonds. The molecule has 1 saturated heterocycles. The molecule has 0 aromatic carbocycles. The van der Waals surface area contributed by atoms with Gasteiger partial charge in [-0.05, 0) is 12.5 Å². The van der Waals surface area contributed by atoms with Gasteiger partial charge in [0.2, 0.25) is 0 Å². The second-order valence-electron chi connectivity index (χ2n) is 2.72. The van der Waals surface area contributed by atoms with E-state index in [9.17, 15) is 5.11 Å². The zero-order valence-corrected chi connectivity index (χ0v) is 6.14. The molecule has 0 radical (unpaired) electrons. The third-order valence-corrected chi connectivity index (χ3v) is 1.88. The van der Waals surface area contributed by atoms with Crippen LogP contribution in [0.5, 0.6) is 0 Å². The van der Waals surface area contributed by atoms with E-state index >= 15 is 0 Å². The van der Waals surface area contributed by atoms with Crippen molar-refractivity contribution in [1.29, 1.82) is 0 Å². The third-order valence-electron chi connectivity index (χ3n) is 1.88. The molecular formula is C7H13NO3. The smallest absolute Gasteiger partial charge is 0.0768 e. The van der Waals surface area contributed by atoms with Gasteiger partial charge < -0.3 is 20.6 Å². The molecule has 64 valence electrons. The molecule has 1 aliphatic heterocycles. The average molecular weight is 159 g/mol. The van der Waals surface area contributed by atoms with Crippen molar-refractivity contribution in [2.24, 2.45) is 0 Å². The maximum atomic E-state index is 9.29. The molecule has 0 aromatic rings. The van der Waals surface area contributed by atoms with Gasteiger partial charge in [-0.3, -0.25) is 0 Å². The van der Waals surface area contributed by atoms with E-state index in [1.807, 2.05) is 0 Å². The molecule has 0 aliphatic carbocycles. The fourth-order valence-electron chi connectivity index (χ4n) is 1.29. The quantitative estimate of drug-likeness (QED) is 0.396. The van der Waals surface area contributed by atoms with Crippen molar-refractivity contribution in [3.8, 4) is 0 Å². The van der Waals surface area contributed by atoms with E-state index in [0.717, 1.165) is 6.26 Å². The molecule has 0 bridgehead atoms. The first-order valence-corrected chi connectivity index (χ1v) is 3.63. The highest BCUT2D eigenvalue weighted by Crippen LogP contribution is 2.13. The molecule has 1 fully saturated rings. The Bertz CT molecular complexity index is 149. The second kappa shape index (κ2) is 3.71. The van der Waals surface area contributed by atoms with Gasteiger partial charge >= 0.3 is 0 Å². The Morgan fingerprint density at radius 3 is 2.73 bits per heavy atom. The van der Waals surface area contributed by atoms with Gasteiger partial charge in [0.15, 0.2) is 0 Å². The van der Waals surface area contributed by atoms with Crippen LogP contribution in [-0.4, -0.2) is 40.1 Å². The van der Waals surface area contributed by atoms with Crippen LogP contribution in [0.3, 0.4) is 0 Å². The van der Waals surface area contributed by atoms with Crippen LogP contribution >= 0.6 is 0 Å². The minimum absolute atomic E-state index is 0.0207. The SMILES string of the molecule is O/C=C/[C@H]1N[C@H](CO)C[C@@H]1O. The fourth-order valence-corrected chi connectivity index (χ4v) is 1.29. The number of nitrogens with one attached hydrogen (secondary N) is 1. The maximum absolute atomic E-state index is 9.29. The van der Waals surface area contributed by atoms with E-state index < -0.39 is 6.10 Å². The topological polar surface area (TPSA) is 72.7 Å². The molecule has 0 spiro atoms. The van der Waals surface area contributed by atoms with Crippen LogP contribution in [0.2, 0.25) is 0 Å². The van der Waals surface area contributed by atoms with Crippen molar-refractivity contribution in [3.63, 3.8) is 0 Å². The lowest BCUT2D eigenvalue weighted by Crippen LogP contribution is -2.32. The summed E-state index contributed by atoms with van der Waals surface area (Å²) in [6.07, 6.45) is 2.41. The molecule has 11 heavy (non-hydrogen) atoms. The van der Waals surface area contributed by atoms with Crippen molar-refractivity contribution in [3.05, 3.63) is 12.3 Å². The summed E-state index contributed by atoms with van der Waals surface area (Å²) in [5.41, 5.74) is 0. The van der Waals surface area contributed by atoms with Gasteiger partial charge in [0.05, 0.1) is 25.0 Å². The van der Waals surface area contributed by atoms with Crippen LogP contribution in [0.25, 0.3) is 0 Å². The van der Waals surface area contributed by atoms with Gasteiger partial charge in [-0.2, -0.15) is 0 Å². The highest BCUT2D eigenvalue weighted by molar-refractivity contribution is 5.01. The Morgan fingerprint density at radius 2 is 2.27 bits per heavy atom. The summed E-state index contributed by atoms with van der Waals surface area (Å²) < 4.78 is 0. The van der Waals surface area contributed by atoms with E-state index in [4.69, 9.17) is 10.2 Å². The van der Waals surface area contributed by atoms with Gasteiger partial charge in [-0.1, -0.05) is 0 Å². The van der Waals surface area contributed by atoms with Crippen LogP contribution in [0.15, 0.2) is 12.3 Å². The first-order chi connectivity index (χ1) is 5.27. The first kappa shape index (κ1) is 8.52. The van der Waals surface area contributed by atoms with Gasteiger partial charge in [-0.15, -0.1) is 0 Å². The Balaban J connectivity index is 2.44. The Morgan fingerprint density at radius 1 is 1.55 bits per heavy atom. The molecule has 3 atom stereocenters. The van der Waals surface area contributed by atoms with Crippen molar-refractivity contribution in [2.75, 3.05) is 6.61 Å². The second-order valence-corrected chi connectivity index (χ2v) is 2.72. The van der Waals surface area contributed by atoms with E-state index in [-0.39, 0.29) is 18.7 Å². The van der Waals surface area contributed by atoms with E-state index in [1.54, 1.807) is 0 Å². The predicted molar refractivity (Wildman–Crippen MR) is 40.2 cm³/mol. The van der Waals surface area contributed by atoms with Gasteiger partial charge in [0, 0.05) is 6.04 Å². The van der Waals surface area contributed by atoms with E-state index in [2.05, 4.69) is 5.32 Å². The highest BCUT2D eigenvalue weighted by Gasteiger charge is 2.29. The zero-order valence-electron chi connectivity index (χ0n) is 6.14. The standard InChI is InChI=1S/C7H13NO3/c9-2-1-6-7(11)3-5(4-10)8-6/h1-2,5-11H,3-4H2/b2-1+/t5-,6+,7-/m0/s1. The van der Waals surface area contributed by atoms with Gasteiger partial charge in [-0.25, -0.2) is 0 Å². The number of hydrogen-bond donors (Lipinski definition) is 4. The maximum Gasteiger partial charge on any atom is 0.0768 e. The Kier molecular flexibility index (Phi) is 2.87. The summed E-state index contributed by atoms with van der Waals surface area (Å²) in [6, 6.07) is -0.275. The first-order valence-electron chi connectivity index (χ1n) is 3.63. The van der Waals surface area contributed by atoms with Crippen LogP contribution in [0, 0.1) is 0 Å². The summed E-state index contributed by atoms with van der Waals surface area (Å²) in [4.78, 5) is 0. The molecule has 1 heterocycles. The molecule has 4 nitrogen and oxygen atoms in total. The molecule has 4 heteroatoms. The molecule has 0 unspecified atom stereocenters. The van der Waals surface area contributed by atoms with Gasteiger partial charge in [0.25, 0.3) is 0 Å². The molecule has 1 aliphatic rings. The minimum atomic E-state index is -0.504. The molecule has 4 N–H and O–H groups in total. The molecular weight excluding hydrogens is 146 g/mol. The molecule has 1 rings (SSSR count). The predicted octanol–water partition coefficient (Wildman–Crippen LogP) is -0.858. The number of rotatable bonds is 2. The van der Waals surface area contributed by atoms with Crippen LogP contribution in [-0.2, 0) is 0 Å². The fraction of sp³-hybridized carbons (Fsp3) is 0.714. The zero-order chi connectivity index (χ0) is 8.27. The Hall–Kier alpha value is -0.580. The minimum Gasteiger partial charge on any atom is -0.516 e.